The zero-order valence-electron chi connectivity index (χ0n) is 10.7. The normalized spacial score (nSPS) is 13.4. The molecule has 0 aromatic carbocycles. The van der Waals surface area contributed by atoms with Crippen molar-refractivity contribution in [3.8, 4) is 0 Å². The predicted octanol–water partition coefficient (Wildman–Crippen LogP) is 1.99. The van der Waals surface area contributed by atoms with Crippen LogP contribution in [-0.4, -0.2) is 34.7 Å². The molecule has 0 rings (SSSR count). The van der Waals surface area contributed by atoms with E-state index in [4.69, 9.17) is 8.85 Å². The largest absolute Gasteiger partial charge is 0.396 e. The van der Waals surface area contributed by atoms with E-state index in [9.17, 15) is 0 Å². The van der Waals surface area contributed by atoms with Crippen LogP contribution in [0.1, 0.15) is 47.0 Å². The van der Waals surface area contributed by atoms with E-state index in [-0.39, 0.29) is 0 Å². The lowest BCUT2D eigenvalue weighted by atomic mass is 10.3. The van der Waals surface area contributed by atoms with Crippen molar-refractivity contribution < 1.29 is 8.85 Å². The minimum atomic E-state index is -1.50. The highest BCUT2D eigenvalue weighted by atomic mass is 28.3. The minimum absolute atomic E-state index is 0.455. The summed E-state index contributed by atoms with van der Waals surface area (Å²) in [6.45, 7) is 11.1. The standard InChI is InChI=1S/C11H27NO2Si/c1-5-9-10-12-11(6-2)15(13-7-3)14-8-4/h11-12,15H,5-10H2,1-4H3. The van der Waals surface area contributed by atoms with Gasteiger partial charge in [-0.3, -0.25) is 0 Å². The lowest BCUT2D eigenvalue weighted by molar-refractivity contribution is 0.198. The summed E-state index contributed by atoms with van der Waals surface area (Å²) in [6.07, 6.45) is 3.56. The van der Waals surface area contributed by atoms with Crippen molar-refractivity contribution in [2.45, 2.75) is 52.6 Å². The van der Waals surface area contributed by atoms with E-state index < -0.39 is 9.28 Å². The molecule has 0 aliphatic rings. The topological polar surface area (TPSA) is 30.5 Å². The lowest BCUT2D eigenvalue weighted by Crippen LogP contribution is -2.47. The van der Waals surface area contributed by atoms with E-state index >= 15 is 0 Å². The van der Waals surface area contributed by atoms with Gasteiger partial charge in [-0.25, -0.2) is 0 Å². The number of nitrogens with one attached hydrogen (secondary N) is 1. The molecule has 0 aliphatic heterocycles. The third-order valence-corrected chi connectivity index (χ3v) is 5.05. The molecule has 0 heterocycles. The van der Waals surface area contributed by atoms with E-state index in [0.717, 1.165) is 26.2 Å². The average molecular weight is 233 g/mol. The summed E-state index contributed by atoms with van der Waals surface area (Å²) in [4.78, 5) is 0. The molecular weight excluding hydrogens is 206 g/mol. The van der Waals surface area contributed by atoms with Crippen molar-refractivity contribution in [2.24, 2.45) is 0 Å². The van der Waals surface area contributed by atoms with Crippen LogP contribution in [0.25, 0.3) is 0 Å². The minimum Gasteiger partial charge on any atom is -0.396 e. The molecule has 0 saturated carbocycles. The van der Waals surface area contributed by atoms with Gasteiger partial charge in [0.25, 0.3) is 0 Å². The SMILES string of the molecule is CCCCNC(CC)[SiH](OCC)OCC. The first-order chi connectivity index (χ1) is 7.29. The van der Waals surface area contributed by atoms with Gasteiger partial charge in [0.15, 0.2) is 0 Å². The molecular formula is C11H27NO2Si. The molecule has 0 saturated heterocycles. The molecule has 0 bridgehead atoms. The van der Waals surface area contributed by atoms with Crippen LogP contribution in [0, 0.1) is 0 Å². The van der Waals surface area contributed by atoms with E-state index in [0.29, 0.717) is 5.67 Å². The van der Waals surface area contributed by atoms with Gasteiger partial charge in [-0.1, -0.05) is 20.3 Å². The first-order valence-electron chi connectivity index (χ1n) is 6.26. The molecule has 0 aliphatic carbocycles. The molecule has 3 nitrogen and oxygen atoms in total. The van der Waals surface area contributed by atoms with Gasteiger partial charge in [0.1, 0.15) is 0 Å². The fraction of sp³-hybridized carbons (Fsp3) is 1.00. The molecule has 1 N–H and O–H groups in total. The maximum atomic E-state index is 5.72. The average Bonchev–Trinajstić information content (AvgIpc) is 2.24. The molecule has 92 valence electrons. The molecule has 0 amide bonds. The van der Waals surface area contributed by atoms with E-state index in [2.05, 4.69) is 19.2 Å². The van der Waals surface area contributed by atoms with Gasteiger partial charge in [-0.2, -0.15) is 0 Å². The Labute approximate surface area is 96.4 Å². The fourth-order valence-corrected chi connectivity index (χ4v) is 3.47. The third kappa shape index (κ3) is 7.06. The molecule has 0 aromatic heterocycles. The number of hydrogen-bond acceptors (Lipinski definition) is 3. The highest BCUT2D eigenvalue weighted by molar-refractivity contribution is 6.46. The van der Waals surface area contributed by atoms with Crippen LogP contribution in [0.15, 0.2) is 0 Å². The number of unbranched alkanes of at least 4 members (excludes halogenated alkanes) is 1. The van der Waals surface area contributed by atoms with Gasteiger partial charge in [-0.15, -0.1) is 0 Å². The molecule has 0 fully saturated rings. The maximum absolute atomic E-state index is 5.72. The molecule has 0 aromatic rings. The highest BCUT2D eigenvalue weighted by Crippen LogP contribution is 2.02. The van der Waals surface area contributed by atoms with Crippen LogP contribution < -0.4 is 5.32 Å². The number of hydrogen-bond donors (Lipinski definition) is 1. The van der Waals surface area contributed by atoms with Crippen molar-refractivity contribution in [3.63, 3.8) is 0 Å². The molecule has 1 atom stereocenters. The van der Waals surface area contributed by atoms with Crippen molar-refractivity contribution in [1.82, 2.24) is 5.32 Å². The molecule has 0 radical (unpaired) electrons. The summed E-state index contributed by atoms with van der Waals surface area (Å²) < 4.78 is 11.4. The zero-order chi connectivity index (χ0) is 11.5. The van der Waals surface area contributed by atoms with E-state index in [1.165, 1.54) is 12.8 Å². The van der Waals surface area contributed by atoms with Crippen LogP contribution in [0.2, 0.25) is 0 Å². The fourth-order valence-electron chi connectivity index (χ4n) is 1.51. The Hall–Kier alpha value is 0.0969. The highest BCUT2D eigenvalue weighted by Gasteiger charge is 2.23. The Kier molecular flexibility index (Phi) is 10.7. The molecule has 4 heteroatoms. The second-order valence-electron chi connectivity index (χ2n) is 3.60. The van der Waals surface area contributed by atoms with Crippen LogP contribution in [0.3, 0.4) is 0 Å². The van der Waals surface area contributed by atoms with Crippen molar-refractivity contribution in [2.75, 3.05) is 19.8 Å². The quantitative estimate of drug-likeness (QED) is 0.462. The van der Waals surface area contributed by atoms with Gasteiger partial charge in [0.2, 0.25) is 0 Å². The second kappa shape index (κ2) is 10.6. The van der Waals surface area contributed by atoms with Gasteiger partial charge in [0.05, 0.1) is 0 Å². The summed E-state index contributed by atoms with van der Waals surface area (Å²) in [5, 5.41) is 3.55. The Morgan fingerprint density at radius 3 is 2.07 bits per heavy atom. The monoisotopic (exact) mass is 233 g/mol. The lowest BCUT2D eigenvalue weighted by Gasteiger charge is -2.24. The van der Waals surface area contributed by atoms with Crippen LogP contribution in [0.4, 0.5) is 0 Å². The summed E-state index contributed by atoms with van der Waals surface area (Å²) in [5.41, 5.74) is 0.455. The van der Waals surface area contributed by atoms with Gasteiger partial charge in [-0.05, 0) is 33.2 Å². The Bertz CT molecular complexity index is 130. The summed E-state index contributed by atoms with van der Waals surface area (Å²) in [5.74, 6) is 0. The van der Waals surface area contributed by atoms with E-state index in [1.54, 1.807) is 0 Å². The Morgan fingerprint density at radius 1 is 1.07 bits per heavy atom. The second-order valence-corrected chi connectivity index (χ2v) is 5.81. The Morgan fingerprint density at radius 2 is 1.67 bits per heavy atom. The van der Waals surface area contributed by atoms with Crippen LogP contribution in [0.5, 0.6) is 0 Å². The molecule has 15 heavy (non-hydrogen) atoms. The zero-order valence-corrected chi connectivity index (χ0v) is 11.9. The van der Waals surface area contributed by atoms with Crippen molar-refractivity contribution >= 4 is 9.28 Å². The van der Waals surface area contributed by atoms with Gasteiger partial charge < -0.3 is 14.2 Å². The number of rotatable bonds is 10. The predicted molar refractivity (Wildman–Crippen MR) is 67.4 cm³/mol. The first kappa shape index (κ1) is 15.1. The van der Waals surface area contributed by atoms with Crippen molar-refractivity contribution in [1.29, 1.82) is 0 Å². The summed E-state index contributed by atoms with van der Waals surface area (Å²) >= 11 is 0. The van der Waals surface area contributed by atoms with Crippen molar-refractivity contribution in [3.05, 3.63) is 0 Å². The summed E-state index contributed by atoms with van der Waals surface area (Å²) in [6, 6.07) is 0. The van der Waals surface area contributed by atoms with Crippen LogP contribution >= 0.6 is 0 Å². The Balaban J connectivity index is 3.93. The van der Waals surface area contributed by atoms with Gasteiger partial charge in [0, 0.05) is 18.9 Å². The van der Waals surface area contributed by atoms with Crippen LogP contribution in [-0.2, 0) is 8.85 Å². The molecule has 1 unspecified atom stereocenters. The van der Waals surface area contributed by atoms with Gasteiger partial charge >= 0.3 is 9.28 Å². The third-order valence-electron chi connectivity index (χ3n) is 2.37. The summed E-state index contributed by atoms with van der Waals surface area (Å²) in [7, 11) is -1.50. The smallest absolute Gasteiger partial charge is 0.338 e. The molecule has 0 spiro atoms. The first-order valence-corrected chi connectivity index (χ1v) is 7.87. The maximum Gasteiger partial charge on any atom is 0.338 e. The van der Waals surface area contributed by atoms with E-state index in [1.807, 2.05) is 13.8 Å².